The summed E-state index contributed by atoms with van der Waals surface area (Å²) in [6.45, 7) is 4.20. The summed E-state index contributed by atoms with van der Waals surface area (Å²) >= 11 is 0. The number of benzene rings is 1. The van der Waals surface area contributed by atoms with Crippen LogP contribution in [0, 0.1) is 0 Å². The molecule has 0 heterocycles. The lowest BCUT2D eigenvalue weighted by atomic mass is 9.96. The van der Waals surface area contributed by atoms with Crippen molar-refractivity contribution in [3.8, 4) is 5.75 Å². The molecule has 0 aromatic heterocycles. The van der Waals surface area contributed by atoms with Crippen LogP contribution in [0.1, 0.15) is 44.6 Å². The average Bonchev–Trinajstić information content (AvgIpc) is 2.24. The molecule has 1 rings (SSSR count). The Bertz CT molecular complexity index is 330. The normalized spacial score (nSPS) is 13.5. The van der Waals surface area contributed by atoms with Crippen molar-refractivity contribution in [2.45, 2.75) is 45.4 Å². The van der Waals surface area contributed by atoms with E-state index in [1.807, 2.05) is 0 Å². The quantitative estimate of drug-likeness (QED) is 0.719. The fraction of sp³-hybridized carbons (Fsp3) is 0.538. The first-order chi connectivity index (χ1) is 7.92. The zero-order valence-electron chi connectivity index (χ0n) is 10.1. The largest absolute Gasteiger partial charge is 0.573 e. The van der Waals surface area contributed by atoms with Gasteiger partial charge in [-0.1, -0.05) is 38.8 Å². The number of unbranched alkanes of at least 4 members (excludes halogenated alkanes) is 1. The molecule has 0 N–H and O–H groups in total. The van der Waals surface area contributed by atoms with Gasteiger partial charge in [0.1, 0.15) is 5.75 Å². The Labute approximate surface area is 99.6 Å². The van der Waals surface area contributed by atoms with E-state index in [0.717, 1.165) is 24.8 Å². The first kappa shape index (κ1) is 13.9. The fourth-order valence-electron chi connectivity index (χ4n) is 1.68. The second kappa shape index (κ2) is 5.94. The van der Waals surface area contributed by atoms with Crippen molar-refractivity contribution in [1.82, 2.24) is 0 Å². The molecule has 1 unspecified atom stereocenters. The fourth-order valence-corrected chi connectivity index (χ4v) is 1.68. The van der Waals surface area contributed by atoms with Gasteiger partial charge in [0, 0.05) is 0 Å². The van der Waals surface area contributed by atoms with E-state index in [1.54, 1.807) is 12.1 Å². The predicted molar refractivity (Wildman–Crippen MR) is 61.1 cm³/mol. The van der Waals surface area contributed by atoms with Crippen LogP contribution in [0.25, 0.3) is 0 Å². The Morgan fingerprint density at radius 1 is 1.18 bits per heavy atom. The first-order valence-electron chi connectivity index (χ1n) is 5.78. The van der Waals surface area contributed by atoms with E-state index in [1.165, 1.54) is 12.1 Å². The average molecular weight is 246 g/mol. The summed E-state index contributed by atoms with van der Waals surface area (Å²) in [6, 6.07) is 6.12. The van der Waals surface area contributed by atoms with Crippen molar-refractivity contribution in [1.29, 1.82) is 0 Å². The molecule has 0 aliphatic rings. The maximum absolute atomic E-state index is 11.9. The van der Waals surface area contributed by atoms with Gasteiger partial charge in [-0.05, 0) is 30.0 Å². The second-order valence-electron chi connectivity index (χ2n) is 4.16. The summed E-state index contributed by atoms with van der Waals surface area (Å²) in [7, 11) is 0. The van der Waals surface area contributed by atoms with Crippen LogP contribution < -0.4 is 4.74 Å². The first-order valence-corrected chi connectivity index (χ1v) is 5.78. The number of ether oxygens (including phenoxy) is 1. The Morgan fingerprint density at radius 2 is 1.76 bits per heavy atom. The van der Waals surface area contributed by atoms with Crippen LogP contribution in [0.3, 0.4) is 0 Å². The molecule has 0 aliphatic heterocycles. The third-order valence-electron chi connectivity index (χ3n) is 2.67. The highest BCUT2D eigenvalue weighted by molar-refractivity contribution is 5.29. The van der Waals surface area contributed by atoms with Gasteiger partial charge in [-0.3, -0.25) is 0 Å². The molecular weight excluding hydrogens is 229 g/mol. The summed E-state index contributed by atoms with van der Waals surface area (Å²) in [4.78, 5) is 0. The summed E-state index contributed by atoms with van der Waals surface area (Å²) < 4.78 is 39.7. The highest BCUT2D eigenvalue weighted by Gasteiger charge is 2.30. The second-order valence-corrected chi connectivity index (χ2v) is 4.16. The predicted octanol–water partition coefficient (Wildman–Crippen LogP) is 4.88. The van der Waals surface area contributed by atoms with Crippen LogP contribution in [-0.2, 0) is 0 Å². The molecule has 0 saturated carbocycles. The zero-order chi connectivity index (χ0) is 12.9. The molecule has 0 amide bonds. The van der Waals surface area contributed by atoms with Crippen molar-refractivity contribution in [3.05, 3.63) is 29.8 Å². The van der Waals surface area contributed by atoms with Crippen molar-refractivity contribution >= 4 is 0 Å². The van der Waals surface area contributed by atoms with Crippen molar-refractivity contribution in [2.24, 2.45) is 0 Å². The number of alkyl halides is 3. The monoisotopic (exact) mass is 246 g/mol. The molecule has 1 aromatic carbocycles. The highest BCUT2D eigenvalue weighted by Crippen LogP contribution is 2.26. The number of hydrogen-bond donors (Lipinski definition) is 0. The van der Waals surface area contributed by atoms with Gasteiger partial charge in [0.2, 0.25) is 0 Å². The van der Waals surface area contributed by atoms with Crippen molar-refractivity contribution in [3.63, 3.8) is 0 Å². The summed E-state index contributed by atoms with van der Waals surface area (Å²) in [5.41, 5.74) is 1.05. The molecule has 0 bridgehead atoms. The Hall–Kier alpha value is -1.19. The molecule has 0 radical (unpaired) electrons. The van der Waals surface area contributed by atoms with Gasteiger partial charge in [0.25, 0.3) is 0 Å². The van der Waals surface area contributed by atoms with Crippen LogP contribution >= 0.6 is 0 Å². The molecule has 17 heavy (non-hydrogen) atoms. The Kier molecular flexibility index (Phi) is 4.85. The van der Waals surface area contributed by atoms with Gasteiger partial charge in [-0.2, -0.15) is 0 Å². The standard InChI is InChI=1S/C13H17F3O/c1-3-4-5-10(2)11-6-8-12(9-7-11)17-13(14,15)16/h6-10H,3-5H2,1-2H3. The van der Waals surface area contributed by atoms with Crippen LogP contribution in [0.2, 0.25) is 0 Å². The van der Waals surface area contributed by atoms with Gasteiger partial charge in [0.05, 0.1) is 0 Å². The molecule has 96 valence electrons. The van der Waals surface area contributed by atoms with Gasteiger partial charge in [-0.25, -0.2) is 0 Å². The Balaban J connectivity index is 2.61. The lowest BCUT2D eigenvalue weighted by molar-refractivity contribution is -0.274. The number of halogens is 3. The third-order valence-corrected chi connectivity index (χ3v) is 2.67. The van der Waals surface area contributed by atoms with Gasteiger partial charge < -0.3 is 4.74 Å². The Morgan fingerprint density at radius 3 is 2.24 bits per heavy atom. The summed E-state index contributed by atoms with van der Waals surface area (Å²) in [6.07, 6.45) is -1.31. The minimum absolute atomic E-state index is 0.163. The summed E-state index contributed by atoms with van der Waals surface area (Å²) in [5, 5.41) is 0. The van der Waals surface area contributed by atoms with Gasteiger partial charge in [-0.15, -0.1) is 13.2 Å². The highest BCUT2D eigenvalue weighted by atomic mass is 19.4. The molecule has 1 atom stereocenters. The zero-order valence-corrected chi connectivity index (χ0v) is 10.1. The third kappa shape index (κ3) is 5.11. The smallest absolute Gasteiger partial charge is 0.406 e. The molecule has 0 aliphatic carbocycles. The van der Waals surface area contributed by atoms with E-state index in [-0.39, 0.29) is 5.75 Å². The molecule has 1 aromatic rings. The topological polar surface area (TPSA) is 9.23 Å². The van der Waals surface area contributed by atoms with Crippen molar-refractivity contribution < 1.29 is 17.9 Å². The molecule has 4 heteroatoms. The van der Waals surface area contributed by atoms with Crippen molar-refractivity contribution in [2.75, 3.05) is 0 Å². The number of hydrogen-bond acceptors (Lipinski definition) is 1. The van der Waals surface area contributed by atoms with E-state index < -0.39 is 6.36 Å². The van der Waals surface area contributed by atoms with Crippen LogP contribution in [0.5, 0.6) is 5.75 Å². The lowest BCUT2D eigenvalue weighted by Gasteiger charge is -2.13. The van der Waals surface area contributed by atoms with Gasteiger partial charge in [0.15, 0.2) is 0 Å². The van der Waals surface area contributed by atoms with E-state index >= 15 is 0 Å². The minimum atomic E-state index is -4.62. The van der Waals surface area contributed by atoms with Crippen LogP contribution in [0.15, 0.2) is 24.3 Å². The van der Waals surface area contributed by atoms with Crippen LogP contribution in [-0.4, -0.2) is 6.36 Å². The van der Waals surface area contributed by atoms with E-state index in [4.69, 9.17) is 0 Å². The molecule has 0 fully saturated rings. The van der Waals surface area contributed by atoms with Crippen LogP contribution in [0.4, 0.5) is 13.2 Å². The SMILES string of the molecule is CCCCC(C)c1ccc(OC(F)(F)F)cc1. The maximum Gasteiger partial charge on any atom is 0.573 e. The molecule has 0 spiro atoms. The maximum atomic E-state index is 11.9. The van der Waals surface area contributed by atoms with E-state index in [9.17, 15) is 13.2 Å². The van der Waals surface area contributed by atoms with Gasteiger partial charge >= 0.3 is 6.36 Å². The molecular formula is C13H17F3O. The molecule has 1 nitrogen and oxygen atoms in total. The van der Waals surface area contributed by atoms with E-state index in [0.29, 0.717) is 5.92 Å². The van der Waals surface area contributed by atoms with E-state index in [2.05, 4.69) is 18.6 Å². The molecule has 0 saturated heterocycles. The minimum Gasteiger partial charge on any atom is -0.406 e. The summed E-state index contributed by atoms with van der Waals surface area (Å²) in [5.74, 6) is 0.207. The number of rotatable bonds is 5. The lowest BCUT2D eigenvalue weighted by Crippen LogP contribution is -2.17.